The van der Waals surface area contributed by atoms with Gasteiger partial charge in [0.15, 0.2) is 0 Å². The van der Waals surface area contributed by atoms with Gasteiger partial charge >= 0.3 is 5.69 Å². The third-order valence-corrected chi connectivity index (χ3v) is 4.38. The lowest BCUT2D eigenvalue weighted by Crippen LogP contribution is -2.14. The normalized spacial score (nSPS) is 13.5. The summed E-state index contributed by atoms with van der Waals surface area (Å²) in [7, 11) is 0. The van der Waals surface area contributed by atoms with Crippen LogP contribution in [0.2, 0.25) is 0 Å². The number of hydrogen-bond acceptors (Lipinski definition) is 3. The highest BCUT2D eigenvalue weighted by atomic mass is 32.2. The Morgan fingerprint density at radius 1 is 1.30 bits per heavy atom. The molecule has 104 valence electrons. The molecule has 0 aliphatic heterocycles. The van der Waals surface area contributed by atoms with E-state index in [1.54, 1.807) is 0 Å². The van der Waals surface area contributed by atoms with Gasteiger partial charge in [0.25, 0.3) is 0 Å². The molecule has 1 aliphatic carbocycles. The number of nitrogens with zero attached hydrogens (tertiary/aromatic N) is 1. The van der Waals surface area contributed by atoms with Crippen LogP contribution in [0.25, 0.3) is 0 Å². The summed E-state index contributed by atoms with van der Waals surface area (Å²) >= 11 is 1.28. The number of hydrogen-bond donors (Lipinski definition) is 1. The van der Waals surface area contributed by atoms with Crippen molar-refractivity contribution in [3.8, 4) is 0 Å². The van der Waals surface area contributed by atoms with Crippen LogP contribution in [0.1, 0.15) is 23.2 Å². The maximum absolute atomic E-state index is 13.6. The second-order valence-corrected chi connectivity index (χ2v) is 5.65. The van der Waals surface area contributed by atoms with E-state index in [0.29, 0.717) is 5.03 Å². The fraction of sp³-hybridized carbons (Fsp3) is 0.286. The number of rotatable bonds is 3. The van der Waals surface area contributed by atoms with Crippen LogP contribution in [-0.4, -0.2) is 9.97 Å². The van der Waals surface area contributed by atoms with Crippen LogP contribution in [0.4, 0.5) is 8.78 Å². The maximum atomic E-state index is 13.6. The van der Waals surface area contributed by atoms with E-state index in [9.17, 15) is 13.6 Å². The number of fused-ring (bicyclic) bond motifs is 1. The van der Waals surface area contributed by atoms with Crippen LogP contribution in [0, 0.1) is 11.6 Å². The van der Waals surface area contributed by atoms with Gasteiger partial charge in [-0.25, -0.2) is 13.6 Å². The zero-order valence-electron chi connectivity index (χ0n) is 10.6. The summed E-state index contributed by atoms with van der Waals surface area (Å²) in [6.07, 6.45) is 2.70. The topological polar surface area (TPSA) is 45.8 Å². The second-order valence-electron chi connectivity index (χ2n) is 4.68. The average molecular weight is 294 g/mol. The van der Waals surface area contributed by atoms with E-state index in [0.717, 1.165) is 42.7 Å². The highest BCUT2D eigenvalue weighted by molar-refractivity contribution is 7.98. The Bertz CT molecular complexity index is 715. The molecular weight excluding hydrogens is 282 g/mol. The lowest BCUT2D eigenvalue weighted by Gasteiger charge is -2.07. The van der Waals surface area contributed by atoms with Crippen LogP contribution < -0.4 is 5.69 Å². The molecule has 0 amide bonds. The minimum Gasteiger partial charge on any atom is -0.309 e. The first kappa shape index (κ1) is 13.3. The second kappa shape index (κ2) is 5.36. The first-order valence-corrected chi connectivity index (χ1v) is 7.31. The van der Waals surface area contributed by atoms with E-state index < -0.39 is 11.6 Å². The summed E-state index contributed by atoms with van der Waals surface area (Å²) in [5.74, 6) is -0.654. The summed E-state index contributed by atoms with van der Waals surface area (Å²) in [6, 6.07) is 3.38. The van der Waals surface area contributed by atoms with Gasteiger partial charge in [0.1, 0.15) is 16.7 Å². The zero-order valence-corrected chi connectivity index (χ0v) is 11.4. The largest absolute Gasteiger partial charge is 0.346 e. The van der Waals surface area contributed by atoms with E-state index in [1.807, 2.05) is 0 Å². The molecule has 0 fully saturated rings. The lowest BCUT2D eigenvalue weighted by atomic mass is 10.2. The van der Waals surface area contributed by atoms with E-state index >= 15 is 0 Å². The molecule has 0 radical (unpaired) electrons. The van der Waals surface area contributed by atoms with Crippen LogP contribution in [-0.2, 0) is 18.6 Å². The predicted octanol–water partition coefficient (Wildman–Crippen LogP) is 2.83. The van der Waals surface area contributed by atoms with Gasteiger partial charge in [0, 0.05) is 22.6 Å². The average Bonchev–Trinajstić information content (AvgIpc) is 2.87. The zero-order chi connectivity index (χ0) is 14.1. The molecule has 1 heterocycles. The number of benzene rings is 1. The van der Waals surface area contributed by atoms with Gasteiger partial charge in [0.05, 0.1) is 0 Å². The van der Waals surface area contributed by atoms with Crippen LogP contribution in [0.5, 0.6) is 0 Å². The number of H-pyrrole nitrogens is 1. The highest BCUT2D eigenvalue weighted by Crippen LogP contribution is 2.30. The Balaban J connectivity index is 1.86. The molecule has 0 spiro atoms. The number of aryl methyl sites for hydroxylation is 1. The molecule has 0 unspecified atom stereocenters. The lowest BCUT2D eigenvalue weighted by molar-refractivity contribution is 0.591. The Morgan fingerprint density at radius 2 is 2.15 bits per heavy atom. The molecule has 0 bridgehead atoms. The van der Waals surface area contributed by atoms with E-state index in [-0.39, 0.29) is 17.0 Å². The van der Waals surface area contributed by atoms with Crippen molar-refractivity contribution >= 4 is 11.8 Å². The minimum atomic E-state index is -0.467. The molecular formula is C14H12F2N2OS. The summed E-state index contributed by atoms with van der Waals surface area (Å²) < 4.78 is 26.7. The highest BCUT2D eigenvalue weighted by Gasteiger charge is 2.18. The van der Waals surface area contributed by atoms with Gasteiger partial charge in [-0.05, 0) is 37.5 Å². The first-order chi connectivity index (χ1) is 9.63. The first-order valence-electron chi connectivity index (χ1n) is 6.32. The van der Waals surface area contributed by atoms with E-state index in [4.69, 9.17) is 0 Å². The smallest absolute Gasteiger partial charge is 0.309 e. The fourth-order valence-corrected chi connectivity index (χ4v) is 3.41. The van der Waals surface area contributed by atoms with Crippen LogP contribution >= 0.6 is 11.8 Å². The van der Waals surface area contributed by atoms with E-state index in [1.165, 1.54) is 17.8 Å². The Morgan fingerprint density at radius 3 is 3.00 bits per heavy atom. The third-order valence-electron chi connectivity index (χ3n) is 3.31. The van der Waals surface area contributed by atoms with Crippen molar-refractivity contribution in [3.63, 3.8) is 0 Å². The van der Waals surface area contributed by atoms with Crippen LogP contribution in [0.3, 0.4) is 0 Å². The van der Waals surface area contributed by atoms with Crippen LogP contribution in [0.15, 0.2) is 28.0 Å². The van der Waals surface area contributed by atoms with Crippen molar-refractivity contribution in [2.45, 2.75) is 30.0 Å². The number of aromatic amines is 1. The monoisotopic (exact) mass is 294 g/mol. The number of aromatic nitrogens is 2. The quantitative estimate of drug-likeness (QED) is 0.699. The Kier molecular flexibility index (Phi) is 3.56. The van der Waals surface area contributed by atoms with Crippen molar-refractivity contribution in [2.75, 3.05) is 0 Å². The molecule has 0 saturated carbocycles. The molecule has 1 N–H and O–H groups in total. The predicted molar refractivity (Wildman–Crippen MR) is 72.8 cm³/mol. The summed E-state index contributed by atoms with van der Waals surface area (Å²) in [4.78, 5) is 18.1. The van der Waals surface area contributed by atoms with E-state index in [2.05, 4.69) is 9.97 Å². The molecule has 3 rings (SSSR count). The van der Waals surface area contributed by atoms with Gasteiger partial charge < -0.3 is 4.98 Å². The summed E-state index contributed by atoms with van der Waals surface area (Å²) in [5, 5.41) is 0.630. The van der Waals surface area contributed by atoms with Crippen molar-refractivity contribution in [2.24, 2.45) is 0 Å². The molecule has 0 saturated heterocycles. The van der Waals surface area contributed by atoms with Gasteiger partial charge in [-0.3, -0.25) is 0 Å². The molecule has 1 aliphatic rings. The standard InChI is InChI=1S/C14H12F2N2OS/c15-9-4-5-11(16)8(6-9)7-20-13-10-2-1-3-12(10)17-14(19)18-13/h4-6H,1-3,7H2,(H,17,18,19). The third kappa shape index (κ3) is 2.60. The number of thioether (sulfide) groups is 1. The fourth-order valence-electron chi connectivity index (χ4n) is 2.35. The molecule has 6 heteroatoms. The molecule has 1 aromatic carbocycles. The SMILES string of the molecule is O=c1nc(SCc2cc(F)ccc2F)c2c([nH]1)CCC2. The Hall–Kier alpha value is -1.69. The van der Waals surface area contributed by atoms with Gasteiger partial charge in [-0.2, -0.15) is 4.98 Å². The van der Waals surface area contributed by atoms with Crippen molar-refractivity contribution in [3.05, 3.63) is 57.1 Å². The van der Waals surface area contributed by atoms with Crippen molar-refractivity contribution < 1.29 is 8.78 Å². The van der Waals surface area contributed by atoms with Gasteiger partial charge in [-0.15, -0.1) is 11.8 Å². The number of halogens is 2. The summed E-state index contributed by atoms with van der Waals surface area (Å²) in [5.41, 5.74) is 1.86. The van der Waals surface area contributed by atoms with Crippen molar-refractivity contribution in [1.82, 2.24) is 9.97 Å². The summed E-state index contributed by atoms with van der Waals surface area (Å²) in [6.45, 7) is 0. The molecule has 0 atom stereocenters. The molecule has 3 nitrogen and oxygen atoms in total. The van der Waals surface area contributed by atoms with Crippen molar-refractivity contribution in [1.29, 1.82) is 0 Å². The molecule has 2 aromatic rings. The molecule has 1 aromatic heterocycles. The molecule has 20 heavy (non-hydrogen) atoms. The maximum Gasteiger partial charge on any atom is 0.346 e. The van der Waals surface area contributed by atoms with Gasteiger partial charge in [-0.1, -0.05) is 0 Å². The van der Waals surface area contributed by atoms with Gasteiger partial charge in [0.2, 0.25) is 0 Å². The number of nitrogens with one attached hydrogen (secondary N) is 1. The Labute approximate surface area is 118 Å². The minimum absolute atomic E-state index is 0.256.